The molecule has 0 aliphatic heterocycles. The molecule has 0 aromatic rings. The van der Waals surface area contributed by atoms with E-state index in [0.29, 0.717) is 6.42 Å². The molecule has 0 aliphatic rings. The van der Waals surface area contributed by atoms with Crippen molar-refractivity contribution in [2.45, 2.75) is 19.4 Å². The van der Waals surface area contributed by atoms with E-state index in [0.717, 1.165) is 0 Å². The fourth-order valence-electron chi connectivity index (χ4n) is 1.06. The lowest BCUT2D eigenvalue weighted by Crippen LogP contribution is -2.42. The van der Waals surface area contributed by atoms with E-state index in [2.05, 4.69) is 5.32 Å². The number of hydrogen-bond donors (Lipinski definition) is 3. The van der Waals surface area contributed by atoms with Crippen molar-refractivity contribution >= 4 is 11.9 Å². The lowest BCUT2D eigenvalue weighted by Gasteiger charge is -2.17. The molecule has 0 aromatic carbocycles. The van der Waals surface area contributed by atoms with Crippen molar-refractivity contribution in [3.8, 4) is 0 Å². The molecule has 0 rings (SSSR count). The summed E-state index contributed by atoms with van der Waals surface area (Å²) in [5.41, 5.74) is 0. The van der Waals surface area contributed by atoms with Gasteiger partial charge in [-0.3, -0.25) is 9.59 Å². The monoisotopic (exact) mass is 175 g/mol. The summed E-state index contributed by atoms with van der Waals surface area (Å²) in [4.78, 5) is 21.0. The lowest BCUT2D eigenvalue weighted by molar-refractivity contribution is -0.155. The molecular weight excluding hydrogens is 162 g/mol. The van der Waals surface area contributed by atoms with Gasteiger partial charge in [-0.1, -0.05) is 6.92 Å². The van der Waals surface area contributed by atoms with Gasteiger partial charge in [-0.2, -0.15) is 0 Å². The number of carboxylic acid groups (broad SMARTS) is 2. The Kier molecular flexibility index (Phi) is 4.28. The second kappa shape index (κ2) is 4.71. The highest BCUT2D eigenvalue weighted by molar-refractivity contribution is 5.93. The third-order valence-electron chi connectivity index (χ3n) is 1.75. The van der Waals surface area contributed by atoms with Crippen molar-refractivity contribution in [1.82, 2.24) is 5.32 Å². The number of hydrogen-bond acceptors (Lipinski definition) is 3. The molecule has 0 amide bonds. The Morgan fingerprint density at radius 3 is 1.83 bits per heavy atom. The van der Waals surface area contributed by atoms with Crippen LogP contribution in [0.2, 0.25) is 0 Å². The summed E-state index contributed by atoms with van der Waals surface area (Å²) in [6.07, 6.45) is 0.472. The smallest absolute Gasteiger partial charge is 0.319 e. The van der Waals surface area contributed by atoms with Gasteiger partial charge in [-0.05, 0) is 13.5 Å². The largest absolute Gasteiger partial charge is 0.481 e. The molecule has 0 heterocycles. The van der Waals surface area contributed by atoms with Crippen LogP contribution in [0.3, 0.4) is 0 Å². The zero-order valence-corrected chi connectivity index (χ0v) is 7.07. The second-order valence-electron chi connectivity index (χ2n) is 2.46. The molecule has 3 N–H and O–H groups in total. The summed E-state index contributed by atoms with van der Waals surface area (Å²) < 4.78 is 0. The minimum Gasteiger partial charge on any atom is -0.481 e. The summed E-state index contributed by atoms with van der Waals surface area (Å²) in [6.45, 7) is 1.74. The van der Waals surface area contributed by atoms with Gasteiger partial charge in [0.25, 0.3) is 0 Å². The van der Waals surface area contributed by atoms with Crippen LogP contribution in [0.15, 0.2) is 0 Å². The summed E-state index contributed by atoms with van der Waals surface area (Å²) in [5, 5.41) is 19.8. The molecule has 0 fully saturated rings. The van der Waals surface area contributed by atoms with Gasteiger partial charge in [0, 0.05) is 6.04 Å². The van der Waals surface area contributed by atoms with Crippen LogP contribution in [-0.2, 0) is 9.59 Å². The van der Waals surface area contributed by atoms with Gasteiger partial charge in [0.1, 0.15) is 0 Å². The zero-order valence-electron chi connectivity index (χ0n) is 7.07. The van der Waals surface area contributed by atoms with Gasteiger partial charge in [0.15, 0.2) is 5.92 Å². The summed E-state index contributed by atoms with van der Waals surface area (Å²) in [5.74, 6) is -3.97. The average Bonchev–Trinajstić information content (AvgIpc) is 1.98. The van der Waals surface area contributed by atoms with E-state index >= 15 is 0 Å². The van der Waals surface area contributed by atoms with E-state index in [4.69, 9.17) is 10.2 Å². The molecular formula is C7H13NO4. The average molecular weight is 175 g/mol. The van der Waals surface area contributed by atoms with Crippen molar-refractivity contribution < 1.29 is 19.8 Å². The highest BCUT2D eigenvalue weighted by atomic mass is 16.4. The first-order valence-corrected chi connectivity index (χ1v) is 3.67. The Bertz CT molecular complexity index is 162. The minimum atomic E-state index is -1.36. The third-order valence-corrected chi connectivity index (χ3v) is 1.75. The maximum Gasteiger partial charge on any atom is 0.319 e. The first-order valence-electron chi connectivity index (χ1n) is 3.67. The topological polar surface area (TPSA) is 86.6 Å². The number of rotatable bonds is 5. The molecule has 0 bridgehead atoms. The molecule has 0 spiro atoms. The molecule has 1 atom stereocenters. The molecule has 70 valence electrons. The molecule has 0 aromatic heterocycles. The van der Waals surface area contributed by atoms with Crippen LogP contribution in [0, 0.1) is 5.92 Å². The van der Waals surface area contributed by atoms with Crippen molar-refractivity contribution in [1.29, 1.82) is 0 Å². The van der Waals surface area contributed by atoms with Crippen LogP contribution in [0.1, 0.15) is 13.3 Å². The molecule has 0 saturated carbocycles. The molecule has 1 unspecified atom stereocenters. The molecule has 5 heteroatoms. The standard InChI is InChI=1S/C7H13NO4/c1-3-4(8-2)5(6(9)10)7(11)12/h4-5,8H,3H2,1-2H3,(H,9,10)(H,11,12). The van der Waals surface area contributed by atoms with E-state index < -0.39 is 23.9 Å². The Morgan fingerprint density at radius 2 is 1.75 bits per heavy atom. The number of carboxylic acids is 2. The highest BCUT2D eigenvalue weighted by Gasteiger charge is 2.32. The van der Waals surface area contributed by atoms with Gasteiger partial charge >= 0.3 is 11.9 Å². The van der Waals surface area contributed by atoms with E-state index in [-0.39, 0.29) is 0 Å². The SMILES string of the molecule is CCC(NC)C(C(=O)O)C(=O)O. The Morgan fingerprint density at radius 1 is 1.33 bits per heavy atom. The maximum absolute atomic E-state index is 10.5. The number of aliphatic carboxylic acids is 2. The first-order chi connectivity index (χ1) is 5.54. The van der Waals surface area contributed by atoms with Crippen LogP contribution in [-0.4, -0.2) is 35.2 Å². The molecule has 12 heavy (non-hydrogen) atoms. The predicted octanol–water partition coefficient (Wildman–Crippen LogP) is -0.230. The summed E-state index contributed by atoms with van der Waals surface area (Å²) in [6, 6.07) is -0.514. The Labute approximate surface area is 70.4 Å². The van der Waals surface area contributed by atoms with Crippen molar-refractivity contribution in [2.75, 3.05) is 7.05 Å². The Hall–Kier alpha value is -1.10. The summed E-state index contributed by atoms with van der Waals surface area (Å²) >= 11 is 0. The zero-order chi connectivity index (χ0) is 9.72. The third kappa shape index (κ3) is 2.50. The van der Waals surface area contributed by atoms with Gasteiger partial charge in [0.2, 0.25) is 0 Å². The quantitative estimate of drug-likeness (QED) is 0.502. The molecule has 0 saturated heterocycles. The second-order valence-corrected chi connectivity index (χ2v) is 2.46. The fourth-order valence-corrected chi connectivity index (χ4v) is 1.06. The molecule has 0 radical (unpaired) electrons. The maximum atomic E-state index is 10.5. The lowest BCUT2D eigenvalue weighted by atomic mass is 9.98. The first kappa shape index (κ1) is 10.9. The van der Waals surface area contributed by atoms with Crippen LogP contribution < -0.4 is 5.32 Å². The van der Waals surface area contributed by atoms with Crippen molar-refractivity contribution in [3.05, 3.63) is 0 Å². The number of carbonyl (C=O) groups is 2. The molecule has 5 nitrogen and oxygen atoms in total. The predicted molar refractivity (Wildman–Crippen MR) is 41.9 cm³/mol. The van der Waals surface area contributed by atoms with Gasteiger partial charge in [-0.15, -0.1) is 0 Å². The normalized spacial score (nSPS) is 12.9. The van der Waals surface area contributed by atoms with Crippen molar-refractivity contribution in [3.63, 3.8) is 0 Å². The van der Waals surface area contributed by atoms with Crippen LogP contribution in [0.25, 0.3) is 0 Å². The van der Waals surface area contributed by atoms with Crippen LogP contribution in [0.4, 0.5) is 0 Å². The fraction of sp³-hybridized carbons (Fsp3) is 0.714. The van der Waals surface area contributed by atoms with Gasteiger partial charge in [-0.25, -0.2) is 0 Å². The summed E-state index contributed by atoms with van der Waals surface area (Å²) in [7, 11) is 1.55. The molecule has 0 aliphatic carbocycles. The minimum absolute atomic E-state index is 0.472. The van der Waals surface area contributed by atoms with E-state index in [1.807, 2.05) is 0 Å². The van der Waals surface area contributed by atoms with Crippen LogP contribution >= 0.6 is 0 Å². The Balaban J connectivity index is 4.47. The van der Waals surface area contributed by atoms with Gasteiger partial charge < -0.3 is 15.5 Å². The number of nitrogens with one attached hydrogen (secondary N) is 1. The van der Waals surface area contributed by atoms with E-state index in [1.54, 1.807) is 14.0 Å². The van der Waals surface area contributed by atoms with Gasteiger partial charge in [0.05, 0.1) is 0 Å². The van der Waals surface area contributed by atoms with Crippen LogP contribution in [0.5, 0.6) is 0 Å². The highest BCUT2D eigenvalue weighted by Crippen LogP contribution is 2.07. The van der Waals surface area contributed by atoms with E-state index in [9.17, 15) is 9.59 Å². The van der Waals surface area contributed by atoms with E-state index in [1.165, 1.54) is 0 Å². The van der Waals surface area contributed by atoms with Crippen molar-refractivity contribution in [2.24, 2.45) is 5.92 Å².